The molecule has 0 aliphatic heterocycles. The first-order valence-electron chi connectivity index (χ1n) is 6.62. The average molecular weight is 266 g/mol. The summed E-state index contributed by atoms with van der Waals surface area (Å²) in [6.45, 7) is 4.00. The van der Waals surface area contributed by atoms with Crippen LogP contribution in [0.15, 0.2) is 59.7 Å². The molecule has 0 saturated heterocycles. The Labute approximate surface area is 119 Å². The normalized spacial score (nSPS) is 12.3. The van der Waals surface area contributed by atoms with Crippen LogP contribution in [0.1, 0.15) is 34.3 Å². The van der Waals surface area contributed by atoms with Gasteiger partial charge in [0, 0.05) is 17.7 Å². The zero-order valence-electron chi connectivity index (χ0n) is 11.7. The highest BCUT2D eigenvalue weighted by Crippen LogP contribution is 2.11. The van der Waals surface area contributed by atoms with Gasteiger partial charge in [-0.1, -0.05) is 55.0 Å². The van der Waals surface area contributed by atoms with Crippen molar-refractivity contribution in [2.75, 3.05) is 0 Å². The number of nitrogens with one attached hydrogen (secondary N) is 1. The van der Waals surface area contributed by atoms with Crippen molar-refractivity contribution >= 4 is 12.1 Å². The molecule has 0 aliphatic carbocycles. The van der Waals surface area contributed by atoms with E-state index >= 15 is 0 Å². The molecule has 3 nitrogen and oxygen atoms in total. The number of hydrazone groups is 1. The zero-order chi connectivity index (χ0) is 14.4. The summed E-state index contributed by atoms with van der Waals surface area (Å²) in [5.74, 6) is -0.0285. The second-order valence-corrected chi connectivity index (χ2v) is 4.79. The number of hydrogen-bond acceptors (Lipinski definition) is 2. The third-order valence-corrected chi connectivity index (χ3v) is 3.07. The van der Waals surface area contributed by atoms with E-state index in [0.29, 0.717) is 5.56 Å². The van der Waals surface area contributed by atoms with Gasteiger partial charge in [0.2, 0.25) is 0 Å². The lowest BCUT2D eigenvalue weighted by atomic mass is 10.0. The number of hydrogen-bond donors (Lipinski definition) is 1. The third-order valence-electron chi connectivity index (χ3n) is 3.07. The molecule has 20 heavy (non-hydrogen) atoms. The smallest absolute Gasteiger partial charge is 0.267 e. The van der Waals surface area contributed by atoms with E-state index in [1.165, 1.54) is 5.56 Å². The van der Waals surface area contributed by atoms with E-state index in [4.69, 9.17) is 0 Å². The van der Waals surface area contributed by atoms with Gasteiger partial charge in [0.15, 0.2) is 0 Å². The lowest BCUT2D eigenvalue weighted by Crippen LogP contribution is -2.18. The Morgan fingerprint density at radius 3 is 2.60 bits per heavy atom. The van der Waals surface area contributed by atoms with E-state index in [0.717, 1.165) is 5.56 Å². The Morgan fingerprint density at radius 2 is 1.90 bits per heavy atom. The Balaban J connectivity index is 1.95. The van der Waals surface area contributed by atoms with Gasteiger partial charge in [0.05, 0.1) is 0 Å². The van der Waals surface area contributed by atoms with Crippen LogP contribution in [0.2, 0.25) is 0 Å². The molecule has 2 rings (SSSR count). The van der Waals surface area contributed by atoms with Crippen LogP contribution >= 0.6 is 0 Å². The number of benzene rings is 2. The number of carbonyl (C=O) groups is 1. The molecule has 0 bridgehead atoms. The number of amides is 1. The van der Waals surface area contributed by atoms with Gasteiger partial charge in [-0.25, -0.2) is 5.43 Å². The SMILES string of the molecule is Cc1cccc(C(=O)N/N=C/C(C)c2ccccc2)c1. The maximum absolute atomic E-state index is 11.9. The van der Waals surface area contributed by atoms with Crippen molar-refractivity contribution in [3.63, 3.8) is 0 Å². The first kappa shape index (κ1) is 14.0. The van der Waals surface area contributed by atoms with Crippen molar-refractivity contribution in [3.8, 4) is 0 Å². The van der Waals surface area contributed by atoms with E-state index in [2.05, 4.69) is 10.5 Å². The molecule has 1 unspecified atom stereocenters. The number of nitrogens with zero attached hydrogens (tertiary/aromatic N) is 1. The van der Waals surface area contributed by atoms with Crippen LogP contribution in [-0.4, -0.2) is 12.1 Å². The lowest BCUT2D eigenvalue weighted by molar-refractivity contribution is 0.0955. The monoisotopic (exact) mass is 266 g/mol. The highest BCUT2D eigenvalue weighted by atomic mass is 16.2. The van der Waals surface area contributed by atoms with Gasteiger partial charge >= 0.3 is 0 Å². The molecule has 1 N–H and O–H groups in total. The molecular formula is C17H18N2O. The molecule has 2 aromatic rings. The Hall–Kier alpha value is -2.42. The third kappa shape index (κ3) is 3.79. The van der Waals surface area contributed by atoms with Gasteiger partial charge in [-0.05, 0) is 24.6 Å². The molecule has 0 aromatic heterocycles. The fourth-order valence-corrected chi connectivity index (χ4v) is 1.90. The fraction of sp³-hybridized carbons (Fsp3) is 0.176. The molecule has 0 fully saturated rings. The molecule has 3 heteroatoms. The van der Waals surface area contributed by atoms with E-state index < -0.39 is 0 Å². The Kier molecular flexibility index (Phi) is 4.66. The molecule has 0 radical (unpaired) electrons. The van der Waals surface area contributed by atoms with E-state index in [1.807, 2.05) is 62.4 Å². The van der Waals surface area contributed by atoms with Gasteiger partial charge in [-0.15, -0.1) is 0 Å². The molecule has 102 valence electrons. The molecule has 0 saturated carbocycles. The van der Waals surface area contributed by atoms with Gasteiger partial charge in [0.1, 0.15) is 0 Å². The maximum atomic E-state index is 11.9. The van der Waals surface area contributed by atoms with Gasteiger partial charge < -0.3 is 0 Å². The summed E-state index contributed by atoms with van der Waals surface area (Å²) in [4.78, 5) is 11.9. The molecular weight excluding hydrogens is 248 g/mol. The summed E-state index contributed by atoms with van der Waals surface area (Å²) >= 11 is 0. The van der Waals surface area contributed by atoms with E-state index in [-0.39, 0.29) is 11.8 Å². The van der Waals surface area contributed by atoms with E-state index in [9.17, 15) is 4.79 Å². The Morgan fingerprint density at radius 1 is 1.15 bits per heavy atom. The number of rotatable bonds is 4. The van der Waals surface area contributed by atoms with E-state index in [1.54, 1.807) is 12.3 Å². The standard InChI is InChI=1S/C17H18N2O/c1-13-7-6-10-16(11-13)17(20)19-18-12-14(2)15-8-4-3-5-9-15/h3-12,14H,1-2H3,(H,19,20)/b18-12+. The van der Waals surface area contributed by atoms with Crippen LogP contribution in [0, 0.1) is 6.92 Å². The predicted molar refractivity (Wildman–Crippen MR) is 82.0 cm³/mol. The second kappa shape index (κ2) is 6.66. The number of aryl methyl sites for hydroxylation is 1. The van der Waals surface area contributed by atoms with Crippen LogP contribution in [-0.2, 0) is 0 Å². The van der Waals surface area contributed by atoms with Crippen molar-refractivity contribution in [2.24, 2.45) is 5.10 Å². The van der Waals surface area contributed by atoms with Crippen LogP contribution in [0.25, 0.3) is 0 Å². The molecule has 0 spiro atoms. The summed E-state index contributed by atoms with van der Waals surface area (Å²) in [5.41, 5.74) is 5.40. The molecule has 0 aliphatic rings. The minimum atomic E-state index is -0.190. The Bertz CT molecular complexity index is 605. The first-order valence-corrected chi connectivity index (χ1v) is 6.62. The number of carbonyl (C=O) groups excluding carboxylic acids is 1. The summed E-state index contributed by atoms with van der Waals surface area (Å²) in [5, 5.41) is 4.03. The largest absolute Gasteiger partial charge is 0.271 e. The van der Waals surface area contributed by atoms with Crippen LogP contribution in [0.3, 0.4) is 0 Å². The summed E-state index contributed by atoms with van der Waals surface area (Å²) in [7, 11) is 0. The van der Waals surface area contributed by atoms with Crippen molar-refractivity contribution in [2.45, 2.75) is 19.8 Å². The molecule has 0 heterocycles. The predicted octanol–water partition coefficient (Wildman–Crippen LogP) is 3.51. The van der Waals surface area contributed by atoms with Gasteiger partial charge in [-0.2, -0.15) is 5.10 Å². The molecule has 2 aromatic carbocycles. The minimum Gasteiger partial charge on any atom is -0.267 e. The van der Waals surface area contributed by atoms with Gasteiger partial charge in [0.25, 0.3) is 5.91 Å². The van der Waals surface area contributed by atoms with Crippen molar-refractivity contribution in [1.82, 2.24) is 5.43 Å². The topological polar surface area (TPSA) is 41.5 Å². The average Bonchev–Trinajstić information content (AvgIpc) is 2.48. The first-order chi connectivity index (χ1) is 9.66. The van der Waals surface area contributed by atoms with Crippen LogP contribution in [0.5, 0.6) is 0 Å². The summed E-state index contributed by atoms with van der Waals surface area (Å²) in [6, 6.07) is 17.5. The highest BCUT2D eigenvalue weighted by Gasteiger charge is 2.04. The molecule has 1 amide bonds. The minimum absolute atomic E-state index is 0.161. The quantitative estimate of drug-likeness (QED) is 0.667. The second-order valence-electron chi connectivity index (χ2n) is 4.79. The van der Waals surface area contributed by atoms with Gasteiger partial charge in [-0.3, -0.25) is 4.79 Å². The highest BCUT2D eigenvalue weighted by molar-refractivity contribution is 5.94. The summed E-state index contributed by atoms with van der Waals surface area (Å²) in [6.07, 6.45) is 1.74. The maximum Gasteiger partial charge on any atom is 0.271 e. The lowest BCUT2D eigenvalue weighted by Gasteiger charge is -2.05. The van der Waals surface area contributed by atoms with Crippen molar-refractivity contribution in [3.05, 3.63) is 71.3 Å². The fourth-order valence-electron chi connectivity index (χ4n) is 1.90. The van der Waals surface area contributed by atoms with Crippen LogP contribution in [0.4, 0.5) is 0 Å². The van der Waals surface area contributed by atoms with Crippen molar-refractivity contribution < 1.29 is 4.79 Å². The van der Waals surface area contributed by atoms with Crippen LogP contribution < -0.4 is 5.43 Å². The summed E-state index contributed by atoms with van der Waals surface area (Å²) < 4.78 is 0. The van der Waals surface area contributed by atoms with Crippen molar-refractivity contribution in [1.29, 1.82) is 0 Å². The zero-order valence-corrected chi connectivity index (χ0v) is 11.7. The molecule has 1 atom stereocenters.